The zero-order valence-corrected chi connectivity index (χ0v) is 14.2. The lowest BCUT2D eigenvalue weighted by molar-refractivity contribution is 0.0785. The Kier molecular flexibility index (Phi) is 4.63. The van der Waals surface area contributed by atoms with Crippen molar-refractivity contribution in [2.24, 2.45) is 0 Å². The fourth-order valence-corrected chi connectivity index (χ4v) is 2.52. The molecule has 0 spiro atoms. The van der Waals surface area contributed by atoms with Crippen LogP contribution in [0.3, 0.4) is 0 Å². The first-order valence-electron chi connectivity index (χ1n) is 8.09. The highest BCUT2D eigenvalue weighted by atomic mass is 16.3. The molecule has 1 amide bonds. The van der Waals surface area contributed by atoms with Crippen LogP contribution >= 0.6 is 0 Å². The summed E-state index contributed by atoms with van der Waals surface area (Å²) in [4.78, 5) is 16.8. The second-order valence-corrected chi connectivity index (χ2v) is 6.39. The molecule has 0 radical (unpaired) electrons. The molecule has 1 heterocycles. The van der Waals surface area contributed by atoms with Crippen molar-refractivity contribution in [1.29, 1.82) is 0 Å². The zero-order valence-electron chi connectivity index (χ0n) is 14.2. The molecular weight excluding hydrogens is 312 g/mol. The van der Waals surface area contributed by atoms with E-state index < -0.39 is 5.60 Å². The quantitative estimate of drug-likeness (QED) is 0.751. The number of carbonyl (C=O) groups is 1. The van der Waals surface area contributed by atoms with E-state index >= 15 is 0 Å². The Morgan fingerprint density at radius 1 is 1.00 bits per heavy atom. The monoisotopic (exact) mass is 332 g/mol. The Labute approximate surface area is 147 Å². The van der Waals surface area contributed by atoms with Crippen molar-refractivity contribution in [2.45, 2.75) is 19.4 Å². The first-order valence-corrected chi connectivity index (χ1v) is 8.09. The summed E-state index contributed by atoms with van der Waals surface area (Å²) < 4.78 is 0. The van der Waals surface area contributed by atoms with Gasteiger partial charge in [-0.1, -0.05) is 30.3 Å². The van der Waals surface area contributed by atoms with E-state index in [9.17, 15) is 9.90 Å². The van der Waals surface area contributed by atoms with E-state index in [0.717, 1.165) is 16.8 Å². The maximum atomic E-state index is 12.4. The molecule has 2 N–H and O–H groups in total. The number of nitrogens with one attached hydrogen (secondary N) is 1. The van der Waals surface area contributed by atoms with Gasteiger partial charge in [-0.15, -0.1) is 0 Å². The van der Waals surface area contributed by atoms with Crippen LogP contribution in [-0.4, -0.2) is 16.0 Å². The van der Waals surface area contributed by atoms with Gasteiger partial charge in [0.25, 0.3) is 5.91 Å². The van der Waals surface area contributed by atoms with Gasteiger partial charge in [-0.3, -0.25) is 9.78 Å². The van der Waals surface area contributed by atoms with E-state index in [-0.39, 0.29) is 5.91 Å². The molecule has 4 heteroatoms. The number of hydrogen-bond donors (Lipinski definition) is 2. The molecule has 0 aliphatic heterocycles. The summed E-state index contributed by atoms with van der Waals surface area (Å²) in [5, 5.41) is 12.9. The Balaban J connectivity index is 1.77. The Bertz CT molecular complexity index is 866. The third-order valence-electron chi connectivity index (χ3n) is 3.93. The van der Waals surface area contributed by atoms with Crippen molar-refractivity contribution >= 4 is 11.6 Å². The molecular formula is C21H20N2O2. The van der Waals surface area contributed by atoms with Gasteiger partial charge in [0.15, 0.2) is 0 Å². The summed E-state index contributed by atoms with van der Waals surface area (Å²) in [7, 11) is 0. The summed E-state index contributed by atoms with van der Waals surface area (Å²) in [6, 6.07) is 20.3. The van der Waals surface area contributed by atoms with Gasteiger partial charge < -0.3 is 10.4 Å². The van der Waals surface area contributed by atoms with Crippen LogP contribution in [0.2, 0.25) is 0 Å². The molecule has 3 aromatic rings. The number of nitrogens with zero attached hydrogens (tertiary/aromatic N) is 1. The van der Waals surface area contributed by atoms with Gasteiger partial charge >= 0.3 is 0 Å². The van der Waals surface area contributed by atoms with Crippen LogP contribution in [0.5, 0.6) is 0 Å². The molecule has 0 aliphatic carbocycles. The van der Waals surface area contributed by atoms with Gasteiger partial charge in [0.2, 0.25) is 0 Å². The molecule has 0 saturated heterocycles. The summed E-state index contributed by atoms with van der Waals surface area (Å²) in [6.45, 7) is 3.43. The van der Waals surface area contributed by atoms with E-state index in [0.29, 0.717) is 11.3 Å². The average molecular weight is 332 g/mol. The number of amides is 1. The van der Waals surface area contributed by atoms with E-state index in [1.807, 2.05) is 42.5 Å². The highest BCUT2D eigenvalue weighted by Crippen LogP contribution is 2.22. The zero-order chi connectivity index (χ0) is 17.9. The highest BCUT2D eigenvalue weighted by Gasteiger charge is 2.16. The predicted molar refractivity (Wildman–Crippen MR) is 99.3 cm³/mol. The molecule has 4 nitrogen and oxygen atoms in total. The molecule has 0 bridgehead atoms. The lowest BCUT2D eigenvalue weighted by atomic mass is 9.97. The Morgan fingerprint density at radius 3 is 2.40 bits per heavy atom. The van der Waals surface area contributed by atoms with Gasteiger partial charge in [0.05, 0.1) is 11.3 Å². The lowest BCUT2D eigenvalue weighted by Gasteiger charge is -2.17. The van der Waals surface area contributed by atoms with Crippen molar-refractivity contribution in [2.75, 3.05) is 5.32 Å². The molecule has 0 atom stereocenters. The van der Waals surface area contributed by atoms with Crippen LogP contribution in [0, 0.1) is 0 Å². The van der Waals surface area contributed by atoms with Gasteiger partial charge in [-0.05, 0) is 55.8 Å². The van der Waals surface area contributed by atoms with Crippen molar-refractivity contribution in [3.8, 4) is 11.3 Å². The summed E-state index contributed by atoms with van der Waals surface area (Å²) in [5.74, 6) is -0.194. The number of pyridine rings is 1. The summed E-state index contributed by atoms with van der Waals surface area (Å²) in [5.41, 5.74) is 2.88. The summed E-state index contributed by atoms with van der Waals surface area (Å²) >= 11 is 0. The average Bonchev–Trinajstić information content (AvgIpc) is 2.62. The van der Waals surface area contributed by atoms with Crippen LogP contribution in [0.15, 0.2) is 72.9 Å². The van der Waals surface area contributed by atoms with E-state index in [1.165, 1.54) is 0 Å². The number of anilines is 1. The van der Waals surface area contributed by atoms with Crippen LogP contribution in [-0.2, 0) is 5.60 Å². The van der Waals surface area contributed by atoms with Crippen LogP contribution in [0.25, 0.3) is 11.3 Å². The van der Waals surface area contributed by atoms with Gasteiger partial charge in [0, 0.05) is 23.0 Å². The van der Waals surface area contributed by atoms with E-state index in [1.54, 1.807) is 44.3 Å². The second kappa shape index (κ2) is 6.87. The molecule has 1 aromatic heterocycles. The maximum Gasteiger partial charge on any atom is 0.255 e. The van der Waals surface area contributed by atoms with E-state index in [2.05, 4.69) is 10.3 Å². The highest BCUT2D eigenvalue weighted by molar-refractivity contribution is 6.04. The smallest absolute Gasteiger partial charge is 0.255 e. The molecule has 0 fully saturated rings. The van der Waals surface area contributed by atoms with Crippen LogP contribution < -0.4 is 5.32 Å². The minimum atomic E-state index is -0.925. The minimum Gasteiger partial charge on any atom is -0.386 e. The SMILES string of the molecule is CC(C)(O)c1ccc(C(=O)Nc2cccc(-c3ccccn3)c2)cc1. The standard InChI is InChI=1S/C21H20N2O2/c1-21(2,25)17-11-9-15(10-12-17)20(24)23-18-7-5-6-16(14-18)19-8-3-4-13-22-19/h3-14,25H,1-2H3,(H,23,24). The topological polar surface area (TPSA) is 62.2 Å². The Morgan fingerprint density at radius 2 is 1.76 bits per heavy atom. The van der Waals surface area contributed by atoms with Gasteiger partial charge in [0.1, 0.15) is 0 Å². The van der Waals surface area contributed by atoms with Crippen molar-refractivity contribution in [3.63, 3.8) is 0 Å². The number of benzene rings is 2. The number of rotatable bonds is 4. The summed E-state index contributed by atoms with van der Waals surface area (Å²) in [6.07, 6.45) is 1.74. The number of aliphatic hydroxyl groups is 1. The first-order chi connectivity index (χ1) is 11.9. The maximum absolute atomic E-state index is 12.4. The molecule has 25 heavy (non-hydrogen) atoms. The fourth-order valence-electron chi connectivity index (χ4n) is 2.52. The normalized spacial score (nSPS) is 11.2. The predicted octanol–water partition coefficient (Wildman–Crippen LogP) is 4.23. The number of hydrogen-bond acceptors (Lipinski definition) is 3. The lowest BCUT2D eigenvalue weighted by Crippen LogP contribution is -2.16. The van der Waals surface area contributed by atoms with Crippen LogP contribution in [0.4, 0.5) is 5.69 Å². The number of carbonyl (C=O) groups excluding carboxylic acids is 1. The molecule has 0 saturated carbocycles. The van der Waals surface area contributed by atoms with E-state index in [4.69, 9.17) is 0 Å². The van der Waals surface area contributed by atoms with Gasteiger partial charge in [-0.2, -0.15) is 0 Å². The molecule has 3 rings (SSSR count). The molecule has 0 unspecified atom stereocenters. The largest absolute Gasteiger partial charge is 0.386 e. The van der Waals surface area contributed by atoms with Crippen molar-refractivity contribution < 1.29 is 9.90 Å². The van der Waals surface area contributed by atoms with Crippen LogP contribution in [0.1, 0.15) is 29.8 Å². The first kappa shape index (κ1) is 16.9. The van der Waals surface area contributed by atoms with Crippen molar-refractivity contribution in [3.05, 3.63) is 84.1 Å². The number of aromatic nitrogens is 1. The van der Waals surface area contributed by atoms with Gasteiger partial charge in [-0.25, -0.2) is 0 Å². The molecule has 2 aromatic carbocycles. The Hall–Kier alpha value is -2.98. The third kappa shape index (κ3) is 4.11. The second-order valence-electron chi connectivity index (χ2n) is 6.39. The fraction of sp³-hybridized carbons (Fsp3) is 0.143. The molecule has 0 aliphatic rings. The minimum absolute atomic E-state index is 0.194. The third-order valence-corrected chi connectivity index (χ3v) is 3.93. The molecule has 126 valence electrons. The van der Waals surface area contributed by atoms with Crippen molar-refractivity contribution in [1.82, 2.24) is 4.98 Å².